The lowest BCUT2D eigenvalue weighted by molar-refractivity contribution is 0.561. The molecule has 1 N–H and O–H groups in total. The average Bonchev–Trinajstić information content (AvgIpc) is 2.70. The zero-order valence-electron chi connectivity index (χ0n) is 7.50. The number of benzene rings is 1. The highest BCUT2D eigenvalue weighted by molar-refractivity contribution is 7.79. The third kappa shape index (κ3) is 1.95. The lowest BCUT2D eigenvalue weighted by Gasteiger charge is -2.04. The van der Waals surface area contributed by atoms with Gasteiger partial charge in [0.15, 0.2) is 11.1 Å². The van der Waals surface area contributed by atoms with Gasteiger partial charge in [0, 0.05) is 12.4 Å². The Bertz CT molecular complexity index is 499. The minimum atomic E-state index is -2.16. The van der Waals surface area contributed by atoms with Crippen LogP contribution in [0.25, 0.3) is 5.69 Å². The predicted octanol–water partition coefficient (Wildman–Crippen LogP) is 1.59. The molecule has 0 aliphatic rings. The lowest BCUT2D eigenvalue weighted by atomic mass is 10.3. The second-order valence-corrected chi connectivity index (χ2v) is 3.80. The largest absolute Gasteiger partial charge is 0.303 e. The second kappa shape index (κ2) is 3.92. The van der Waals surface area contributed by atoms with Crippen molar-refractivity contribution in [3.05, 3.63) is 42.7 Å². The summed E-state index contributed by atoms with van der Waals surface area (Å²) in [5, 5.41) is 0. The van der Waals surface area contributed by atoms with Gasteiger partial charge in [-0.3, -0.25) is 0 Å². The molecule has 1 atom stereocenters. The molecule has 4 nitrogen and oxygen atoms in total. The Kier molecular flexibility index (Phi) is 2.61. The number of rotatable bonds is 2. The fourth-order valence-corrected chi connectivity index (χ4v) is 1.60. The molecule has 78 valence electrons. The molecule has 0 fully saturated rings. The van der Waals surface area contributed by atoms with Crippen LogP contribution in [0.4, 0.5) is 4.39 Å². The van der Waals surface area contributed by atoms with Gasteiger partial charge in [-0.25, -0.2) is 13.6 Å². The van der Waals surface area contributed by atoms with E-state index >= 15 is 0 Å². The van der Waals surface area contributed by atoms with E-state index in [0.717, 1.165) is 6.07 Å². The van der Waals surface area contributed by atoms with Gasteiger partial charge in [0.25, 0.3) is 0 Å². The summed E-state index contributed by atoms with van der Waals surface area (Å²) in [4.78, 5) is 3.82. The van der Waals surface area contributed by atoms with E-state index in [9.17, 15) is 8.60 Å². The van der Waals surface area contributed by atoms with Crippen LogP contribution in [0, 0.1) is 5.82 Å². The Hall–Kier alpha value is -1.53. The monoisotopic (exact) mass is 226 g/mol. The van der Waals surface area contributed by atoms with E-state index in [4.69, 9.17) is 4.55 Å². The van der Waals surface area contributed by atoms with Crippen molar-refractivity contribution >= 4 is 11.1 Å². The summed E-state index contributed by atoms with van der Waals surface area (Å²) in [6.45, 7) is 0. The number of aromatic nitrogens is 2. The maximum absolute atomic E-state index is 13.5. The molecular weight excluding hydrogens is 219 g/mol. The van der Waals surface area contributed by atoms with Crippen molar-refractivity contribution in [3.8, 4) is 5.69 Å². The summed E-state index contributed by atoms with van der Waals surface area (Å²) in [5.41, 5.74) is 0.293. The molecule has 0 aliphatic carbocycles. The second-order valence-electron chi connectivity index (χ2n) is 2.83. The number of imidazole rings is 1. The highest BCUT2D eigenvalue weighted by Gasteiger charge is 2.07. The Morgan fingerprint density at radius 3 is 2.80 bits per heavy atom. The highest BCUT2D eigenvalue weighted by Crippen LogP contribution is 2.16. The van der Waals surface area contributed by atoms with Crippen molar-refractivity contribution in [3.63, 3.8) is 0 Å². The van der Waals surface area contributed by atoms with Gasteiger partial charge in [-0.05, 0) is 18.2 Å². The van der Waals surface area contributed by atoms with E-state index in [-0.39, 0.29) is 4.90 Å². The van der Waals surface area contributed by atoms with Crippen molar-refractivity contribution in [2.45, 2.75) is 4.90 Å². The molecule has 0 radical (unpaired) electrons. The van der Waals surface area contributed by atoms with Crippen LogP contribution < -0.4 is 0 Å². The fourth-order valence-electron chi connectivity index (χ4n) is 1.21. The van der Waals surface area contributed by atoms with Gasteiger partial charge in [-0.2, -0.15) is 0 Å². The van der Waals surface area contributed by atoms with E-state index < -0.39 is 16.9 Å². The first-order valence-electron chi connectivity index (χ1n) is 4.07. The van der Waals surface area contributed by atoms with Crippen LogP contribution in [-0.4, -0.2) is 18.3 Å². The first-order valence-corrected chi connectivity index (χ1v) is 5.18. The molecule has 0 bridgehead atoms. The molecule has 6 heteroatoms. The summed E-state index contributed by atoms with van der Waals surface area (Å²) in [5.74, 6) is -0.562. The van der Waals surface area contributed by atoms with Crippen LogP contribution in [0.5, 0.6) is 0 Å². The molecule has 1 aromatic carbocycles. The minimum absolute atomic E-state index is 0.0383. The van der Waals surface area contributed by atoms with Gasteiger partial charge in [-0.1, -0.05) is 0 Å². The molecule has 1 unspecified atom stereocenters. The van der Waals surface area contributed by atoms with Gasteiger partial charge in [0.1, 0.15) is 5.82 Å². The van der Waals surface area contributed by atoms with E-state index in [2.05, 4.69) is 4.98 Å². The Morgan fingerprint density at radius 2 is 2.27 bits per heavy atom. The first-order chi connectivity index (χ1) is 7.18. The van der Waals surface area contributed by atoms with Crippen molar-refractivity contribution in [2.75, 3.05) is 0 Å². The molecule has 0 aliphatic heterocycles. The van der Waals surface area contributed by atoms with Gasteiger partial charge in [0.05, 0.1) is 16.9 Å². The summed E-state index contributed by atoms with van der Waals surface area (Å²) < 4.78 is 34.4. The summed E-state index contributed by atoms with van der Waals surface area (Å²) in [6.07, 6.45) is 4.57. The lowest BCUT2D eigenvalue weighted by Crippen LogP contribution is -1.97. The smallest absolute Gasteiger partial charge is 0.186 e. The van der Waals surface area contributed by atoms with Crippen LogP contribution in [0.15, 0.2) is 41.8 Å². The normalized spacial score (nSPS) is 12.7. The SMILES string of the molecule is O=S(O)c1ccc(-n2ccnc2)c(F)c1. The summed E-state index contributed by atoms with van der Waals surface area (Å²) in [6, 6.07) is 3.86. The molecule has 0 amide bonds. The zero-order chi connectivity index (χ0) is 10.8. The molecule has 1 aromatic heterocycles. The van der Waals surface area contributed by atoms with Crippen molar-refractivity contribution in [1.82, 2.24) is 9.55 Å². The standard InChI is InChI=1S/C9H7FN2O2S/c10-8-5-7(15(13)14)1-2-9(8)12-4-3-11-6-12/h1-6H,(H,13,14). The van der Waals surface area contributed by atoms with Crippen molar-refractivity contribution < 1.29 is 13.2 Å². The van der Waals surface area contributed by atoms with Crippen LogP contribution in [0.2, 0.25) is 0 Å². The molecule has 0 saturated heterocycles. The molecule has 0 spiro atoms. The molecule has 15 heavy (non-hydrogen) atoms. The number of hydrogen-bond acceptors (Lipinski definition) is 2. The van der Waals surface area contributed by atoms with Crippen molar-refractivity contribution in [2.24, 2.45) is 0 Å². The third-order valence-electron chi connectivity index (χ3n) is 1.90. The molecule has 0 saturated carbocycles. The number of halogens is 1. The van der Waals surface area contributed by atoms with Gasteiger partial charge in [-0.15, -0.1) is 0 Å². The molecular formula is C9H7FN2O2S. The third-order valence-corrected chi connectivity index (χ3v) is 2.56. The maximum atomic E-state index is 13.5. The topological polar surface area (TPSA) is 55.1 Å². The van der Waals surface area contributed by atoms with Crippen LogP contribution in [-0.2, 0) is 11.1 Å². The Morgan fingerprint density at radius 1 is 1.47 bits per heavy atom. The number of hydrogen-bond donors (Lipinski definition) is 1. The van der Waals surface area contributed by atoms with Crippen molar-refractivity contribution in [1.29, 1.82) is 0 Å². The van der Waals surface area contributed by atoms with Gasteiger partial charge in [0.2, 0.25) is 0 Å². The molecule has 2 rings (SSSR count). The Balaban J connectivity index is 2.48. The molecule has 2 aromatic rings. The number of nitrogens with zero attached hydrogens (tertiary/aromatic N) is 2. The Labute approximate surface area is 87.7 Å². The first kappa shape index (κ1) is 10.0. The average molecular weight is 226 g/mol. The van der Waals surface area contributed by atoms with E-state index in [1.165, 1.54) is 29.2 Å². The van der Waals surface area contributed by atoms with Crippen LogP contribution in [0.3, 0.4) is 0 Å². The molecule has 1 heterocycles. The van der Waals surface area contributed by atoms with Crippen LogP contribution in [0.1, 0.15) is 0 Å². The van der Waals surface area contributed by atoms with Gasteiger partial charge < -0.3 is 9.12 Å². The van der Waals surface area contributed by atoms with Gasteiger partial charge >= 0.3 is 0 Å². The summed E-state index contributed by atoms with van der Waals surface area (Å²) in [7, 11) is 0. The van der Waals surface area contributed by atoms with E-state index in [0.29, 0.717) is 5.69 Å². The zero-order valence-corrected chi connectivity index (χ0v) is 8.32. The predicted molar refractivity (Wildman–Crippen MR) is 52.6 cm³/mol. The highest BCUT2D eigenvalue weighted by atomic mass is 32.2. The quantitative estimate of drug-likeness (QED) is 0.791. The summed E-state index contributed by atoms with van der Waals surface area (Å²) >= 11 is -2.16. The van der Waals surface area contributed by atoms with E-state index in [1.807, 2.05) is 0 Å². The fraction of sp³-hybridized carbons (Fsp3) is 0. The maximum Gasteiger partial charge on any atom is 0.186 e. The van der Waals surface area contributed by atoms with Crippen LogP contribution >= 0.6 is 0 Å². The van der Waals surface area contributed by atoms with E-state index in [1.54, 1.807) is 6.20 Å². The minimum Gasteiger partial charge on any atom is -0.303 e.